The first kappa shape index (κ1) is 16.1. The highest BCUT2D eigenvalue weighted by Gasteiger charge is 2.45. The first-order chi connectivity index (χ1) is 12.6. The summed E-state index contributed by atoms with van der Waals surface area (Å²) in [5.74, 6) is 1.49. The molecule has 0 radical (unpaired) electrons. The van der Waals surface area contributed by atoms with Crippen LogP contribution in [0.2, 0.25) is 0 Å². The van der Waals surface area contributed by atoms with Gasteiger partial charge in [-0.05, 0) is 57.8 Å². The van der Waals surface area contributed by atoms with E-state index in [0.717, 1.165) is 43.9 Å². The van der Waals surface area contributed by atoms with Crippen LogP contribution in [0.4, 0.5) is 11.8 Å². The molecule has 2 fully saturated rings. The van der Waals surface area contributed by atoms with Crippen LogP contribution in [0.1, 0.15) is 30.4 Å². The summed E-state index contributed by atoms with van der Waals surface area (Å²) in [6.45, 7) is 4.66. The number of aryl methyl sites for hydroxylation is 1. The Balaban J connectivity index is 1.50. The second-order valence-electron chi connectivity index (χ2n) is 8.40. The summed E-state index contributed by atoms with van der Waals surface area (Å²) in [5.41, 5.74) is 11.6. The van der Waals surface area contributed by atoms with Crippen LogP contribution in [0.3, 0.4) is 0 Å². The third kappa shape index (κ3) is 2.57. The zero-order valence-corrected chi connectivity index (χ0v) is 15.5. The summed E-state index contributed by atoms with van der Waals surface area (Å²) in [6.07, 6.45) is 5.87. The van der Waals surface area contributed by atoms with E-state index in [1.54, 1.807) is 0 Å². The zero-order chi connectivity index (χ0) is 17.7. The van der Waals surface area contributed by atoms with Crippen molar-refractivity contribution in [1.82, 2.24) is 14.9 Å². The number of fused-ring (bicyclic) bond motifs is 3. The number of piperidine rings is 1. The van der Waals surface area contributed by atoms with Gasteiger partial charge < -0.3 is 15.5 Å². The van der Waals surface area contributed by atoms with Gasteiger partial charge >= 0.3 is 0 Å². The van der Waals surface area contributed by atoms with Gasteiger partial charge in [-0.25, -0.2) is 4.98 Å². The van der Waals surface area contributed by atoms with Crippen molar-refractivity contribution < 1.29 is 0 Å². The van der Waals surface area contributed by atoms with E-state index in [4.69, 9.17) is 10.7 Å². The third-order valence-corrected chi connectivity index (χ3v) is 6.55. The van der Waals surface area contributed by atoms with E-state index in [1.165, 1.54) is 42.6 Å². The van der Waals surface area contributed by atoms with Gasteiger partial charge in [-0.2, -0.15) is 4.98 Å². The molecule has 0 atom stereocenters. The van der Waals surface area contributed by atoms with Crippen molar-refractivity contribution in [3.63, 3.8) is 0 Å². The molecule has 0 amide bonds. The number of likely N-dealkylation sites (tertiary alicyclic amines) is 1. The monoisotopic (exact) mass is 349 g/mol. The number of hydrogen-bond acceptors (Lipinski definition) is 5. The number of nitrogens with two attached hydrogens (primary N) is 1. The Bertz CT molecular complexity index is 830. The smallest absolute Gasteiger partial charge is 0.222 e. The Labute approximate surface area is 155 Å². The van der Waals surface area contributed by atoms with Crippen LogP contribution < -0.4 is 10.6 Å². The van der Waals surface area contributed by atoms with Crippen LogP contribution in [0, 0.1) is 5.41 Å². The molecular formula is C21H27N5. The Morgan fingerprint density at radius 2 is 1.81 bits per heavy atom. The van der Waals surface area contributed by atoms with Crippen molar-refractivity contribution in [2.45, 2.75) is 32.1 Å². The van der Waals surface area contributed by atoms with Gasteiger partial charge in [-0.15, -0.1) is 0 Å². The lowest BCUT2D eigenvalue weighted by molar-refractivity contribution is 0.0899. The fourth-order valence-corrected chi connectivity index (χ4v) is 4.95. The van der Waals surface area contributed by atoms with Crippen molar-refractivity contribution in [3.05, 3.63) is 35.4 Å². The molecule has 0 unspecified atom stereocenters. The molecule has 2 saturated heterocycles. The molecule has 0 saturated carbocycles. The average molecular weight is 349 g/mol. The summed E-state index contributed by atoms with van der Waals surface area (Å²) in [4.78, 5) is 14.3. The van der Waals surface area contributed by atoms with Gasteiger partial charge in [0.25, 0.3) is 0 Å². The van der Waals surface area contributed by atoms with Crippen LogP contribution >= 0.6 is 0 Å². The number of anilines is 2. The first-order valence-electron chi connectivity index (χ1n) is 9.82. The summed E-state index contributed by atoms with van der Waals surface area (Å²) in [6, 6.07) is 8.63. The second kappa shape index (κ2) is 5.95. The van der Waals surface area contributed by atoms with E-state index in [0.29, 0.717) is 11.4 Å². The van der Waals surface area contributed by atoms with E-state index in [9.17, 15) is 0 Å². The normalized spacial score (nSPS) is 21.7. The highest BCUT2D eigenvalue weighted by atomic mass is 15.3. The van der Waals surface area contributed by atoms with E-state index in [-0.39, 0.29) is 0 Å². The summed E-state index contributed by atoms with van der Waals surface area (Å²) in [5, 5.41) is 0. The largest absolute Gasteiger partial charge is 0.368 e. The highest BCUT2D eigenvalue weighted by molar-refractivity contribution is 5.74. The number of rotatable bonds is 1. The van der Waals surface area contributed by atoms with Crippen LogP contribution in [-0.4, -0.2) is 48.1 Å². The van der Waals surface area contributed by atoms with Crippen molar-refractivity contribution in [1.29, 1.82) is 0 Å². The van der Waals surface area contributed by atoms with E-state index in [1.807, 2.05) is 0 Å². The van der Waals surface area contributed by atoms with Crippen molar-refractivity contribution in [2.24, 2.45) is 5.41 Å². The maximum atomic E-state index is 6.14. The third-order valence-electron chi connectivity index (χ3n) is 6.55. The molecule has 5 nitrogen and oxygen atoms in total. The molecule has 1 aromatic carbocycles. The lowest BCUT2D eigenvalue weighted by Gasteiger charge is -2.54. The Morgan fingerprint density at radius 1 is 1.04 bits per heavy atom. The lowest BCUT2D eigenvalue weighted by Crippen LogP contribution is -2.60. The maximum absolute atomic E-state index is 6.14. The van der Waals surface area contributed by atoms with Crippen molar-refractivity contribution in [3.8, 4) is 11.3 Å². The minimum atomic E-state index is 0.403. The van der Waals surface area contributed by atoms with Gasteiger partial charge in [0.15, 0.2) is 0 Å². The minimum absolute atomic E-state index is 0.403. The zero-order valence-electron chi connectivity index (χ0n) is 15.5. The number of hydrogen-bond donors (Lipinski definition) is 1. The molecule has 2 N–H and O–H groups in total. The molecule has 2 aromatic rings. The molecule has 1 aromatic heterocycles. The standard InChI is InChI=1S/C21H27N5/c1-25-11-9-21(10-12-25)13-26(14-21)19-17-8-4-6-15-5-2-3-7-16(15)18(17)23-20(22)24-19/h2-3,5,7H,4,6,8-14H2,1H3,(H2,22,23,24). The molecule has 1 aliphatic carbocycles. The van der Waals surface area contributed by atoms with Gasteiger partial charge in [-0.1, -0.05) is 24.3 Å². The second-order valence-corrected chi connectivity index (χ2v) is 8.40. The van der Waals surface area contributed by atoms with Gasteiger partial charge in [0, 0.05) is 29.6 Å². The summed E-state index contributed by atoms with van der Waals surface area (Å²) >= 11 is 0. The van der Waals surface area contributed by atoms with Crippen LogP contribution in [-0.2, 0) is 12.8 Å². The summed E-state index contributed by atoms with van der Waals surface area (Å²) in [7, 11) is 2.23. The van der Waals surface area contributed by atoms with Crippen molar-refractivity contribution >= 4 is 11.8 Å². The average Bonchev–Trinajstić information content (AvgIpc) is 2.80. The van der Waals surface area contributed by atoms with Gasteiger partial charge in [-0.3, -0.25) is 0 Å². The first-order valence-corrected chi connectivity index (χ1v) is 9.82. The van der Waals surface area contributed by atoms with E-state index >= 15 is 0 Å². The van der Waals surface area contributed by atoms with Crippen LogP contribution in [0.25, 0.3) is 11.3 Å². The fourth-order valence-electron chi connectivity index (χ4n) is 4.95. The van der Waals surface area contributed by atoms with E-state index in [2.05, 4.69) is 46.1 Å². The van der Waals surface area contributed by atoms with E-state index < -0.39 is 0 Å². The number of nitrogen functional groups attached to an aromatic ring is 1. The van der Waals surface area contributed by atoms with Crippen LogP contribution in [0.15, 0.2) is 24.3 Å². The Hall–Kier alpha value is -2.14. The number of aromatic nitrogens is 2. The van der Waals surface area contributed by atoms with Gasteiger partial charge in [0.1, 0.15) is 5.82 Å². The van der Waals surface area contributed by atoms with Gasteiger partial charge in [0.2, 0.25) is 5.95 Å². The fraction of sp³-hybridized carbons (Fsp3) is 0.524. The maximum Gasteiger partial charge on any atom is 0.222 e. The molecule has 5 heteroatoms. The predicted molar refractivity (Wildman–Crippen MR) is 105 cm³/mol. The molecule has 26 heavy (non-hydrogen) atoms. The Morgan fingerprint density at radius 3 is 2.62 bits per heavy atom. The van der Waals surface area contributed by atoms with Gasteiger partial charge in [0.05, 0.1) is 5.69 Å². The molecule has 2 aliphatic heterocycles. The predicted octanol–water partition coefficient (Wildman–Crippen LogP) is 2.75. The molecule has 5 rings (SSSR count). The summed E-state index contributed by atoms with van der Waals surface area (Å²) < 4.78 is 0. The molecular weight excluding hydrogens is 322 g/mol. The number of benzene rings is 1. The molecule has 1 spiro atoms. The number of nitrogens with zero attached hydrogens (tertiary/aromatic N) is 4. The molecule has 136 valence electrons. The highest BCUT2D eigenvalue weighted by Crippen LogP contribution is 2.44. The topological polar surface area (TPSA) is 58.3 Å². The molecule has 3 heterocycles. The quantitative estimate of drug-likeness (QED) is 0.858. The van der Waals surface area contributed by atoms with Crippen LogP contribution in [0.5, 0.6) is 0 Å². The lowest BCUT2D eigenvalue weighted by atomic mass is 9.72. The SMILES string of the molecule is CN1CCC2(CC1)CN(c1nc(N)nc3c1CCCc1ccccc1-3)C2. The minimum Gasteiger partial charge on any atom is -0.368 e. The molecule has 0 bridgehead atoms. The Kier molecular flexibility index (Phi) is 3.67. The van der Waals surface area contributed by atoms with Crippen molar-refractivity contribution in [2.75, 3.05) is 43.9 Å². The molecule has 3 aliphatic rings.